The SMILES string of the molecule is CNc1cc(C)nc(COc2ccc(Br)c(F)c2)n1. The summed E-state index contributed by atoms with van der Waals surface area (Å²) in [4.78, 5) is 8.51. The van der Waals surface area contributed by atoms with Crippen LogP contribution in [0.1, 0.15) is 11.5 Å². The van der Waals surface area contributed by atoms with Crippen LogP contribution in [-0.2, 0) is 6.61 Å². The van der Waals surface area contributed by atoms with Crippen LogP contribution in [0.4, 0.5) is 10.2 Å². The highest BCUT2D eigenvalue weighted by Crippen LogP contribution is 2.21. The Morgan fingerprint density at radius 2 is 2.11 bits per heavy atom. The molecule has 1 aromatic heterocycles. The zero-order valence-corrected chi connectivity index (χ0v) is 12.2. The Labute approximate surface area is 119 Å². The molecule has 6 heteroatoms. The van der Waals surface area contributed by atoms with Crippen LogP contribution >= 0.6 is 15.9 Å². The Bertz CT molecular complexity index is 592. The number of hydrogen-bond acceptors (Lipinski definition) is 4. The molecule has 0 aliphatic carbocycles. The van der Waals surface area contributed by atoms with Gasteiger partial charge in [0.25, 0.3) is 0 Å². The molecule has 0 bridgehead atoms. The maximum Gasteiger partial charge on any atom is 0.168 e. The molecule has 0 fully saturated rings. The summed E-state index contributed by atoms with van der Waals surface area (Å²) in [5.74, 6) is 1.36. The van der Waals surface area contributed by atoms with Gasteiger partial charge in [-0.1, -0.05) is 0 Å². The van der Waals surface area contributed by atoms with Crippen molar-refractivity contribution in [3.8, 4) is 5.75 Å². The quantitative estimate of drug-likeness (QED) is 0.936. The number of halogens is 2. The van der Waals surface area contributed by atoms with Crippen molar-refractivity contribution < 1.29 is 9.13 Å². The molecule has 0 aliphatic rings. The predicted molar refractivity (Wildman–Crippen MR) is 74.7 cm³/mol. The van der Waals surface area contributed by atoms with Crippen molar-refractivity contribution in [2.24, 2.45) is 0 Å². The second-order valence-corrected chi connectivity index (χ2v) is 4.78. The third kappa shape index (κ3) is 3.64. The van der Waals surface area contributed by atoms with E-state index in [0.717, 1.165) is 11.5 Å². The van der Waals surface area contributed by atoms with Gasteiger partial charge in [0.1, 0.15) is 24.0 Å². The molecule has 0 atom stereocenters. The van der Waals surface area contributed by atoms with Gasteiger partial charge < -0.3 is 10.1 Å². The summed E-state index contributed by atoms with van der Waals surface area (Å²) < 4.78 is 19.2. The maximum atomic E-state index is 13.3. The molecule has 1 heterocycles. The Morgan fingerprint density at radius 3 is 2.79 bits per heavy atom. The number of ether oxygens (including phenoxy) is 1. The summed E-state index contributed by atoms with van der Waals surface area (Å²) in [6, 6.07) is 6.43. The summed E-state index contributed by atoms with van der Waals surface area (Å²) in [7, 11) is 1.79. The van der Waals surface area contributed by atoms with Crippen LogP contribution in [-0.4, -0.2) is 17.0 Å². The summed E-state index contributed by atoms with van der Waals surface area (Å²) in [5.41, 5.74) is 0.847. The first kappa shape index (κ1) is 13.7. The highest BCUT2D eigenvalue weighted by Gasteiger charge is 2.05. The van der Waals surface area contributed by atoms with Crippen molar-refractivity contribution in [2.45, 2.75) is 13.5 Å². The van der Waals surface area contributed by atoms with E-state index in [0.29, 0.717) is 16.0 Å². The number of nitrogens with zero attached hydrogens (tertiary/aromatic N) is 2. The fourth-order valence-corrected chi connectivity index (χ4v) is 1.78. The molecule has 0 saturated heterocycles. The third-order valence-electron chi connectivity index (χ3n) is 2.42. The number of rotatable bonds is 4. The first-order chi connectivity index (χ1) is 9.08. The first-order valence-electron chi connectivity index (χ1n) is 5.68. The number of aryl methyl sites for hydroxylation is 1. The Morgan fingerprint density at radius 1 is 1.32 bits per heavy atom. The molecular formula is C13H13BrFN3O. The lowest BCUT2D eigenvalue weighted by Crippen LogP contribution is -2.05. The average molecular weight is 326 g/mol. The minimum absolute atomic E-state index is 0.192. The van der Waals surface area contributed by atoms with Crippen molar-refractivity contribution in [3.05, 3.63) is 46.1 Å². The minimum atomic E-state index is -0.362. The lowest BCUT2D eigenvalue weighted by atomic mass is 10.3. The van der Waals surface area contributed by atoms with E-state index in [1.807, 2.05) is 13.0 Å². The highest BCUT2D eigenvalue weighted by molar-refractivity contribution is 9.10. The second-order valence-electron chi connectivity index (χ2n) is 3.93. The van der Waals surface area contributed by atoms with Gasteiger partial charge >= 0.3 is 0 Å². The molecular weight excluding hydrogens is 313 g/mol. The maximum absolute atomic E-state index is 13.3. The van der Waals surface area contributed by atoms with E-state index in [-0.39, 0.29) is 12.4 Å². The van der Waals surface area contributed by atoms with Crippen molar-refractivity contribution in [3.63, 3.8) is 0 Å². The Balaban J connectivity index is 2.09. The third-order valence-corrected chi connectivity index (χ3v) is 3.06. The summed E-state index contributed by atoms with van der Waals surface area (Å²) in [6.45, 7) is 2.07. The summed E-state index contributed by atoms with van der Waals surface area (Å²) >= 11 is 3.09. The molecule has 1 aromatic carbocycles. The Hall–Kier alpha value is -1.69. The van der Waals surface area contributed by atoms with Gasteiger partial charge in [-0.2, -0.15) is 0 Å². The monoisotopic (exact) mass is 325 g/mol. The zero-order chi connectivity index (χ0) is 13.8. The van der Waals surface area contributed by atoms with Crippen molar-refractivity contribution in [2.75, 3.05) is 12.4 Å². The second kappa shape index (κ2) is 5.97. The van der Waals surface area contributed by atoms with E-state index < -0.39 is 0 Å². The topological polar surface area (TPSA) is 47.0 Å². The molecule has 0 aliphatic heterocycles. The number of anilines is 1. The molecule has 0 spiro atoms. The van der Waals surface area contributed by atoms with E-state index in [9.17, 15) is 4.39 Å². The van der Waals surface area contributed by atoms with Gasteiger partial charge in [-0.25, -0.2) is 14.4 Å². The molecule has 0 saturated carbocycles. The van der Waals surface area contributed by atoms with Crippen LogP contribution in [0.25, 0.3) is 0 Å². The van der Waals surface area contributed by atoms with Gasteiger partial charge in [0.15, 0.2) is 5.82 Å². The van der Waals surface area contributed by atoms with Gasteiger partial charge in [0.2, 0.25) is 0 Å². The van der Waals surface area contributed by atoms with Crippen LogP contribution in [0.2, 0.25) is 0 Å². The standard InChI is InChI=1S/C13H13BrFN3O/c1-8-5-12(16-2)18-13(17-8)7-19-9-3-4-10(14)11(15)6-9/h3-6H,7H2,1-2H3,(H,16,17,18). The molecule has 19 heavy (non-hydrogen) atoms. The van der Waals surface area contributed by atoms with E-state index >= 15 is 0 Å². The zero-order valence-electron chi connectivity index (χ0n) is 10.6. The molecule has 0 unspecified atom stereocenters. The van der Waals surface area contributed by atoms with E-state index in [1.54, 1.807) is 19.2 Å². The number of hydrogen-bond donors (Lipinski definition) is 1. The fourth-order valence-electron chi connectivity index (χ4n) is 1.54. The molecule has 4 nitrogen and oxygen atoms in total. The molecule has 100 valence electrons. The summed E-state index contributed by atoms with van der Waals surface area (Å²) in [6.07, 6.45) is 0. The van der Waals surface area contributed by atoms with Crippen LogP contribution in [0.5, 0.6) is 5.75 Å². The molecule has 2 rings (SSSR count). The summed E-state index contributed by atoms with van der Waals surface area (Å²) in [5, 5.41) is 2.95. The smallest absolute Gasteiger partial charge is 0.168 e. The largest absolute Gasteiger partial charge is 0.486 e. The van der Waals surface area contributed by atoms with Crippen LogP contribution in [0, 0.1) is 12.7 Å². The van der Waals surface area contributed by atoms with Gasteiger partial charge in [-0.15, -0.1) is 0 Å². The van der Waals surface area contributed by atoms with Crippen LogP contribution in [0.3, 0.4) is 0 Å². The number of nitrogens with one attached hydrogen (secondary N) is 1. The predicted octanol–water partition coefficient (Wildman–Crippen LogP) is 3.31. The van der Waals surface area contributed by atoms with Crippen LogP contribution < -0.4 is 10.1 Å². The van der Waals surface area contributed by atoms with Crippen molar-refractivity contribution in [1.29, 1.82) is 0 Å². The first-order valence-corrected chi connectivity index (χ1v) is 6.48. The van der Waals surface area contributed by atoms with Gasteiger partial charge in [-0.05, 0) is 35.0 Å². The molecule has 0 radical (unpaired) electrons. The van der Waals surface area contributed by atoms with Crippen molar-refractivity contribution >= 4 is 21.7 Å². The molecule has 0 amide bonds. The lowest BCUT2D eigenvalue weighted by molar-refractivity contribution is 0.294. The normalized spacial score (nSPS) is 10.3. The van der Waals surface area contributed by atoms with E-state index in [2.05, 4.69) is 31.2 Å². The minimum Gasteiger partial charge on any atom is -0.486 e. The average Bonchev–Trinajstić information content (AvgIpc) is 2.39. The van der Waals surface area contributed by atoms with Gasteiger partial charge in [0, 0.05) is 24.9 Å². The van der Waals surface area contributed by atoms with E-state index in [1.165, 1.54) is 6.07 Å². The lowest BCUT2D eigenvalue weighted by Gasteiger charge is -2.08. The van der Waals surface area contributed by atoms with Crippen molar-refractivity contribution in [1.82, 2.24) is 9.97 Å². The van der Waals surface area contributed by atoms with Gasteiger partial charge in [0.05, 0.1) is 4.47 Å². The molecule has 2 aromatic rings. The number of benzene rings is 1. The number of aromatic nitrogens is 2. The molecule has 1 N–H and O–H groups in total. The fraction of sp³-hybridized carbons (Fsp3) is 0.231. The highest BCUT2D eigenvalue weighted by atomic mass is 79.9. The van der Waals surface area contributed by atoms with E-state index in [4.69, 9.17) is 4.74 Å². The Kier molecular flexibility index (Phi) is 4.31. The van der Waals surface area contributed by atoms with Gasteiger partial charge in [-0.3, -0.25) is 0 Å². The van der Waals surface area contributed by atoms with Crippen LogP contribution in [0.15, 0.2) is 28.7 Å².